The highest BCUT2D eigenvalue weighted by Gasteiger charge is 2.21. The molecule has 0 unspecified atom stereocenters. The molecule has 3 rings (SSSR count). The van der Waals surface area contributed by atoms with Gasteiger partial charge >= 0.3 is 5.97 Å². The second kappa shape index (κ2) is 6.11. The highest BCUT2D eigenvalue weighted by atomic mass is 16.5. The van der Waals surface area contributed by atoms with Crippen molar-refractivity contribution >= 4 is 12.0 Å². The number of carbonyl (C=O) groups excluding carboxylic acids is 1. The highest BCUT2D eigenvalue weighted by molar-refractivity contribution is 5.94. The van der Waals surface area contributed by atoms with E-state index in [0.717, 1.165) is 11.1 Å². The molecule has 0 amide bonds. The second-order valence-electron chi connectivity index (χ2n) is 5.00. The van der Waals surface area contributed by atoms with Gasteiger partial charge in [-0.25, -0.2) is 4.79 Å². The second-order valence-corrected chi connectivity index (χ2v) is 5.00. The fourth-order valence-electron chi connectivity index (χ4n) is 2.26. The number of ether oxygens (including phenoxy) is 1. The van der Waals surface area contributed by atoms with E-state index >= 15 is 0 Å². The molecule has 3 heteroatoms. The quantitative estimate of drug-likeness (QED) is 0.810. The van der Waals surface area contributed by atoms with Gasteiger partial charge in [0.05, 0.1) is 11.6 Å². The van der Waals surface area contributed by atoms with Crippen LogP contribution in [0.2, 0.25) is 0 Å². The van der Waals surface area contributed by atoms with Crippen molar-refractivity contribution in [3.05, 3.63) is 88.7 Å². The number of carbonyl (C=O) groups is 1. The Labute approximate surface area is 128 Å². The molecule has 0 spiro atoms. The van der Waals surface area contributed by atoms with Crippen LogP contribution in [0.3, 0.4) is 0 Å². The summed E-state index contributed by atoms with van der Waals surface area (Å²) in [5.41, 5.74) is 3.21. The van der Waals surface area contributed by atoms with Gasteiger partial charge in [-0.15, -0.1) is 0 Å². The summed E-state index contributed by atoms with van der Waals surface area (Å²) in [5, 5.41) is 8.78. The standard InChI is InChI=1S/C19H13NO2/c20-13-16-8-6-15(7-9-16)11-18-12-17(19(21)22-18)10-14-4-2-1-3-5-14/h1-9,11-12H,10H2/b18-11-. The van der Waals surface area contributed by atoms with Crippen LogP contribution in [-0.4, -0.2) is 5.97 Å². The summed E-state index contributed by atoms with van der Waals surface area (Å²) in [6, 6.07) is 19.0. The van der Waals surface area contributed by atoms with Gasteiger partial charge in [-0.1, -0.05) is 42.5 Å². The van der Waals surface area contributed by atoms with E-state index in [1.54, 1.807) is 24.3 Å². The van der Waals surface area contributed by atoms with Crippen molar-refractivity contribution in [1.29, 1.82) is 5.26 Å². The fraction of sp³-hybridized carbons (Fsp3) is 0.0526. The number of rotatable bonds is 3. The number of hydrogen-bond acceptors (Lipinski definition) is 3. The first kappa shape index (κ1) is 13.8. The van der Waals surface area contributed by atoms with Gasteiger partial charge in [0.15, 0.2) is 0 Å². The summed E-state index contributed by atoms with van der Waals surface area (Å²) in [5.74, 6) is 0.226. The van der Waals surface area contributed by atoms with E-state index in [-0.39, 0.29) is 5.97 Å². The number of nitrogens with zero attached hydrogens (tertiary/aromatic N) is 1. The van der Waals surface area contributed by atoms with Crippen LogP contribution in [-0.2, 0) is 16.0 Å². The maximum absolute atomic E-state index is 11.9. The van der Waals surface area contributed by atoms with Crippen molar-refractivity contribution in [2.24, 2.45) is 0 Å². The van der Waals surface area contributed by atoms with Crippen LogP contribution in [0.1, 0.15) is 16.7 Å². The maximum atomic E-state index is 11.9. The summed E-state index contributed by atoms with van der Waals surface area (Å²) >= 11 is 0. The van der Waals surface area contributed by atoms with Crippen molar-refractivity contribution in [1.82, 2.24) is 0 Å². The van der Waals surface area contributed by atoms with Crippen molar-refractivity contribution < 1.29 is 9.53 Å². The van der Waals surface area contributed by atoms with E-state index in [0.29, 0.717) is 23.3 Å². The number of nitriles is 1. The lowest BCUT2D eigenvalue weighted by Crippen LogP contribution is -2.01. The molecular formula is C19H13NO2. The van der Waals surface area contributed by atoms with E-state index < -0.39 is 0 Å². The molecular weight excluding hydrogens is 274 g/mol. The summed E-state index contributed by atoms with van der Waals surface area (Å²) in [4.78, 5) is 11.9. The summed E-state index contributed by atoms with van der Waals surface area (Å²) in [7, 11) is 0. The van der Waals surface area contributed by atoms with Crippen LogP contribution < -0.4 is 0 Å². The molecule has 0 saturated carbocycles. The Morgan fingerprint density at radius 3 is 2.45 bits per heavy atom. The summed E-state index contributed by atoms with van der Waals surface area (Å²) in [6.07, 6.45) is 4.12. The predicted molar refractivity (Wildman–Crippen MR) is 83.5 cm³/mol. The number of allylic oxidation sites excluding steroid dienone is 1. The van der Waals surface area contributed by atoms with Gasteiger partial charge in [0, 0.05) is 12.0 Å². The summed E-state index contributed by atoms with van der Waals surface area (Å²) < 4.78 is 5.27. The molecule has 3 nitrogen and oxygen atoms in total. The topological polar surface area (TPSA) is 50.1 Å². The first-order chi connectivity index (χ1) is 10.7. The Morgan fingerprint density at radius 1 is 1.05 bits per heavy atom. The summed E-state index contributed by atoms with van der Waals surface area (Å²) in [6.45, 7) is 0. The number of hydrogen-bond donors (Lipinski definition) is 0. The monoisotopic (exact) mass is 287 g/mol. The van der Waals surface area contributed by atoms with E-state index in [4.69, 9.17) is 10.00 Å². The normalized spacial score (nSPS) is 15.3. The SMILES string of the molecule is N#Cc1ccc(/C=C2/C=C(Cc3ccccc3)C(=O)O2)cc1. The molecule has 0 fully saturated rings. The van der Waals surface area contributed by atoms with Gasteiger partial charge in [0.1, 0.15) is 5.76 Å². The molecule has 0 saturated heterocycles. The molecule has 1 aliphatic heterocycles. The van der Waals surface area contributed by atoms with Gasteiger partial charge in [0.2, 0.25) is 0 Å². The molecule has 0 aromatic heterocycles. The molecule has 0 N–H and O–H groups in total. The Morgan fingerprint density at radius 2 is 1.77 bits per heavy atom. The van der Waals surface area contributed by atoms with Crippen molar-refractivity contribution in [2.75, 3.05) is 0 Å². The molecule has 0 radical (unpaired) electrons. The van der Waals surface area contributed by atoms with E-state index in [1.165, 1.54) is 0 Å². The van der Waals surface area contributed by atoms with Crippen LogP contribution in [0.5, 0.6) is 0 Å². The van der Waals surface area contributed by atoms with E-state index in [9.17, 15) is 4.79 Å². The van der Waals surface area contributed by atoms with Crippen molar-refractivity contribution in [2.45, 2.75) is 6.42 Å². The van der Waals surface area contributed by atoms with Gasteiger partial charge < -0.3 is 4.74 Å². The zero-order valence-electron chi connectivity index (χ0n) is 11.8. The zero-order valence-corrected chi connectivity index (χ0v) is 11.8. The average molecular weight is 287 g/mol. The smallest absolute Gasteiger partial charge is 0.339 e. The number of cyclic esters (lactones) is 1. The molecule has 0 atom stereocenters. The molecule has 1 heterocycles. The van der Waals surface area contributed by atoms with Crippen LogP contribution in [0, 0.1) is 11.3 Å². The average Bonchev–Trinajstić information content (AvgIpc) is 2.88. The van der Waals surface area contributed by atoms with Gasteiger partial charge in [0.25, 0.3) is 0 Å². The van der Waals surface area contributed by atoms with Crippen LogP contribution in [0.4, 0.5) is 0 Å². The lowest BCUT2D eigenvalue weighted by molar-refractivity contribution is -0.133. The zero-order chi connectivity index (χ0) is 15.4. The van der Waals surface area contributed by atoms with Gasteiger partial charge in [-0.05, 0) is 35.4 Å². The van der Waals surface area contributed by atoms with Gasteiger partial charge in [-0.3, -0.25) is 0 Å². The molecule has 0 bridgehead atoms. The number of benzene rings is 2. The highest BCUT2D eigenvalue weighted by Crippen LogP contribution is 2.22. The third-order valence-corrected chi connectivity index (χ3v) is 3.38. The van der Waals surface area contributed by atoms with Gasteiger partial charge in [-0.2, -0.15) is 5.26 Å². The molecule has 2 aromatic rings. The van der Waals surface area contributed by atoms with Crippen molar-refractivity contribution in [3.63, 3.8) is 0 Å². The minimum absolute atomic E-state index is 0.302. The molecule has 106 valence electrons. The van der Waals surface area contributed by atoms with Crippen LogP contribution in [0.15, 0.2) is 72.0 Å². The van der Waals surface area contributed by atoms with E-state index in [1.807, 2.05) is 42.5 Å². The molecule has 1 aliphatic rings. The third-order valence-electron chi connectivity index (χ3n) is 3.38. The molecule has 2 aromatic carbocycles. The predicted octanol–water partition coefficient (Wildman–Crippen LogP) is 3.63. The van der Waals surface area contributed by atoms with Crippen LogP contribution in [0.25, 0.3) is 6.08 Å². The first-order valence-electron chi connectivity index (χ1n) is 6.93. The Balaban J connectivity index is 1.79. The minimum atomic E-state index is -0.302. The molecule has 22 heavy (non-hydrogen) atoms. The lowest BCUT2D eigenvalue weighted by atomic mass is 10.1. The van der Waals surface area contributed by atoms with Crippen LogP contribution >= 0.6 is 0 Å². The Bertz CT molecular complexity index is 794. The Hall–Kier alpha value is -3.12. The fourth-order valence-corrected chi connectivity index (χ4v) is 2.26. The number of esters is 1. The Kier molecular flexibility index (Phi) is 3.84. The molecule has 0 aliphatic carbocycles. The third kappa shape index (κ3) is 3.13. The lowest BCUT2D eigenvalue weighted by Gasteiger charge is -1.99. The maximum Gasteiger partial charge on any atom is 0.339 e. The first-order valence-corrected chi connectivity index (χ1v) is 6.93. The van der Waals surface area contributed by atoms with Crippen molar-refractivity contribution in [3.8, 4) is 6.07 Å². The minimum Gasteiger partial charge on any atom is -0.423 e. The van der Waals surface area contributed by atoms with E-state index in [2.05, 4.69) is 6.07 Å². The largest absolute Gasteiger partial charge is 0.423 e.